The summed E-state index contributed by atoms with van der Waals surface area (Å²) < 4.78 is 31.3. The third-order valence-electron chi connectivity index (χ3n) is 4.24. The lowest BCUT2D eigenvalue weighted by Gasteiger charge is -2.36. The molecule has 5 nitrogen and oxygen atoms in total. The number of rotatable bonds is 3. The SMILES string of the molecule is COc1ccc(N2CCN(C(=O)Nc3ccc(F)c(F)c3)CC2)cc1Cl. The fraction of sp³-hybridized carbons (Fsp3) is 0.278. The molecule has 0 saturated carbocycles. The van der Waals surface area contributed by atoms with E-state index in [0.717, 1.165) is 17.8 Å². The first-order valence-corrected chi connectivity index (χ1v) is 8.45. The first-order chi connectivity index (χ1) is 12.5. The van der Waals surface area contributed by atoms with Gasteiger partial charge in [-0.15, -0.1) is 0 Å². The second-order valence-electron chi connectivity index (χ2n) is 5.85. The van der Waals surface area contributed by atoms with Crippen molar-refractivity contribution in [3.63, 3.8) is 0 Å². The van der Waals surface area contributed by atoms with E-state index in [1.165, 1.54) is 6.07 Å². The molecular weight excluding hydrogens is 364 g/mol. The number of urea groups is 1. The molecule has 0 atom stereocenters. The molecule has 0 aromatic heterocycles. The Bertz CT molecular complexity index is 811. The van der Waals surface area contributed by atoms with Crippen LogP contribution in [0.5, 0.6) is 5.75 Å². The molecular formula is C18H18ClF2N3O2. The van der Waals surface area contributed by atoms with E-state index in [9.17, 15) is 13.6 Å². The van der Waals surface area contributed by atoms with Crippen LogP contribution >= 0.6 is 11.6 Å². The zero-order valence-corrected chi connectivity index (χ0v) is 14.9. The molecule has 8 heteroatoms. The lowest BCUT2D eigenvalue weighted by Crippen LogP contribution is -2.50. The molecule has 0 radical (unpaired) electrons. The highest BCUT2D eigenvalue weighted by Gasteiger charge is 2.22. The van der Waals surface area contributed by atoms with Crippen LogP contribution in [0, 0.1) is 11.6 Å². The molecule has 0 unspecified atom stereocenters. The predicted octanol–water partition coefficient (Wildman–Crippen LogP) is 3.98. The maximum atomic E-state index is 13.2. The van der Waals surface area contributed by atoms with E-state index in [0.29, 0.717) is 37.0 Å². The first kappa shape index (κ1) is 18.3. The Labute approximate surface area is 155 Å². The van der Waals surface area contributed by atoms with E-state index in [-0.39, 0.29) is 11.7 Å². The van der Waals surface area contributed by atoms with Crippen LogP contribution < -0.4 is 15.0 Å². The Hall–Kier alpha value is -2.54. The number of hydrogen-bond acceptors (Lipinski definition) is 3. The third-order valence-corrected chi connectivity index (χ3v) is 4.53. The van der Waals surface area contributed by atoms with Crippen LogP contribution in [0.15, 0.2) is 36.4 Å². The molecule has 1 fully saturated rings. The number of amides is 2. The van der Waals surface area contributed by atoms with Gasteiger partial charge in [-0.05, 0) is 30.3 Å². The van der Waals surface area contributed by atoms with Gasteiger partial charge in [0.05, 0.1) is 12.1 Å². The van der Waals surface area contributed by atoms with Gasteiger partial charge in [0, 0.05) is 43.6 Å². The summed E-state index contributed by atoms with van der Waals surface area (Å²) in [4.78, 5) is 16.0. The number of methoxy groups -OCH3 is 1. The molecule has 1 aliphatic heterocycles. The average molecular weight is 382 g/mol. The second kappa shape index (κ2) is 7.78. The van der Waals surface area contributed by atoms with E-state index in [1.807, 2.05) is 12.1 Å². The minimum atomic E-state index is -0.996. The molecule has 1 N–H and O–H groups in total. The number of nitrogens with zero attached hydrogens (tertiary/aromatic N) is 2. The molecule has 3 rings (SSSR count). The summed E-state index contributed by atoms with van der Waals surface area (Å²) in [7, 11) is 1.56. The third kappa shape index (κ3) is 3.99. The number of ether oxygens (including phenoxy) is 1. The fourth-order valence-electron chi connectivity index (χ4n) is 2.80. The van der Waals surface area contributed by atoms with Gasteiger partial charge in [-0.3, -0.25) is 0 Å². The van der Waals surface area contributed by atoms with E-state index in [4.69, 9.17) is 16.3 Å². The standard InChI is InChI=1S/C18H18ClF2N3O2/c1-26-17-5-3-13(11-14(17)19)23-6-8-24(9-7-23)18(25)22-12-2-4-15(20)16(21)10-12/h2-5,10-11H,6-9H2,1H3,(H,22,25). The number of benzene rings is 2. The summed E-state index contributed by atoms with van der Waals surface area (Å²) in [5, 5.41) is 3.11. The lowest BCUT2D eigenvalue weighted by atomic mass is 10.2. The van der Waals surface area contributed by atoms with E-state index in [1.54, 1.807) is 18.1 Å². The van der Waals surface area contributed by atoms with E-state index >= 15 is 0 Å². The summed E-state index contributed by atoms with van der Waals surface area (Å²) in [5.74, 6) is -1.33. The Morgan fingerprint density at radius 1 is 1.08 bits per heavy atom. The maximum absolute atomic E-state index is 13.2. The highest BCUT2D eigenvalue weighted by molar-refractivity contribution is 6.32. The predicted molar refractivity (Wildman–Crippen MR) is 97.2 cm³/mol. The fourth-order valence-corrected chi connectivity index (χ4v) is 3.05. The average Bonchev–Trinajstić information content (AvgIpc) is 2.65. The summed E-state index contributed by atoms with van der Waals surface area (Å²) in [5.41, 5.74) is 1.18. The maximum Gasteiger partial charge on any atom is 0.321 e. The van der Waals surface area contributed by atoms with E-state index in [2.05, 4.69) is 10.2 Å². The monoisotopic (exact) mass is 381 g/mol. The first-order valence-electron chi connectivity index (χ1n) is 8.07. The normalized spacial score (nSPS) is 14.3. The van der Waals surface area contributed by atoms with Crippen LogP contribution in [0.3, 0.4) is 0 Å². The highest BCUT2D eigenvalue weighted by Crippen LogP contribution is 2.29. The molecule has 0 spiro atoms. The van der Waals surface area contributed by atoms with Gasteiger partial charge in [0.25, 0.3) is 0 Å². The summed E-state index contributed by atoms with van der Waals surface area (Å²) >= 11 is 6.16. The number of nitrogens with one attached hydrogen (secondary N) is 1. The van der Waals surface area contributed by atoms with Crippen molar-refractivity contribution >= 4 is 29.0 Å². The van der Waals surface area contributed by atoms with Crippen LogP contribution in [-0.4, -0.2) is 44.2 Å². The smallest absolute Gasteiger partial charge is 0.321 e. The van der Waals surface area contributed by atoms with Gasteiger partial charge in [-0.2, -0.15) is 0 Å². The zero-order valence-electron chi connectivity index (χ0n) is 14.1. The minimum absolute atomic E-state index is 0.221. The molecule has 138 valence electrons. The van der Waals surface area contributed by atoms with Crippen LogP contribution in [-0.2, 0) is 0 Å². The van der Waals surface area contributed by atoms with Gasteiger partial charge in [-0.25, -0.2) is 13.6 Å². The zero-order chi connectivity index (χ0) is 18.7. The molecule has 26 heavy (non-hydrogen) atoms. The van der Waals surface area contributed by atoms with Gasteiger partial charge >= 0.3 is 6.03 Å². The lowest BCUT2D eigenvalue weighted by molar-refractivity contribution is 0.208. The molecule has 1 saturated heterocycles. The molecule has 1 aliphatic rings. The van der Waals surface area contributed by atoms with E-state index < -0.39 is 11.6 Å². The van der Waals surface area contributed by atoms with Crippen LogP contribution in [0.2, 0.25) is 5.02 Å². The largest absolute Gasteiger partial charge is 0.495 e. The van der Waals surface area contributed by atoms with Crippen molar-refractivity contribution in [2.45, 2.75) is 0 Å². The summed E-state index contributed by atoms with van der Waals surface area (Å²) in [6, 6.07) is 8.48. The van der Waals surface area contributed by atoms with Crippen molar-refractivity contribution in [2.75, 3.05) is 43.5 Å². The van der Waals surface area contributed by atoms with Crippen molar-refractivity contribution in [3.05, 3.63) is 53.1 Å². The number of carbonyl (C=O) groups excluding carboxylic acids is 1. The molecule has 1 heterocycles. The van der Waals surface area contributed by atoms with Crippen LogP contribution in [0.4, 0.5) is 25.0 Å². The topological polar surface area (TPSA) is 44.8 Å². The van der Waals surface area contributed by atoms with Crippen molar-refractivity contribution in [2.24, 2.45) is 0 Å². The van der Waals surface area contributed by atoms with Crippen molar-refractivity contribution in [1.82, 2.24) is 4.90 Å². The highest BCUT2D eigenvalue weighted by atomic mass is 35.5. The van der Waals surface area contributed by atoms with Gasteiger partial charge in [-0.1, -0.05) is 11.6 Å². The summed E-state index contributed by atoms with van der Waals surface area (Å²) in [6.45, 7) is 2.26. The van der Waals surface area contributed by atoms with Crippen molar-refractivity contribution < 1.29 is 18.3 Å². The molecule has 2 amide bonds. The molecule has 2 aromatic rings. The van der Waals surface area contributed by atoms with Gasteiger partial charge < -0.3 is 19.9 Å². The molecule has 0 bridgehead atoms. The number of carbonyl (C=O) groups is 1. The van der Waals surface area contributed by atoms with Gasteiger partial charge in [0.2, 0.25) is 0 Å². The molecule has 0 aliphatic carbocycles. The Kier molecular flexibility index (Phi) is 5.46. The Balaban J connectivity index is 1.58. The van der Waals surface area contributed by atoms with Crippen LogP contribution in [0.25, 0.3) is 0 Å². The number of piperazine rings is 1. The quantitative estimate of drug-likeness (QED) is 0.874. The minimum Gasteiger partial charge on any atom is -0.495 e. The number of halogens is 3. The Morgan fingerprint density at radius 2 is 1.81 bits per heavy atom. The van der Waals surface area contributed by atoms with Crippen molar-refractivity contribution in [3.8, 4) is 5.75 Å². The molecule has 2 aromatic carbocycles. The second-order valence-corrected chi connectivity index (χ2v) is 6.26. The Morgan fingerprint density at radius 3 is 2.42 bits per heavy atom. The van der Waals surface area contributed by atoms with Gasteiger partial charge in [0.1, 0.15) is 5.75 Å². The van der Waals surface area contributed by atoms with Gasteiger partial charge in [0.15, 0.2) is 11.6 Å². The van der Waals surface area contributed by atoms with Crippen molar-refractivity contribution in [1.29, 1.82) is 0 Å². The number of anilines is 2. The summed E-state index contributed by atoms with van der Waals surface area (Å²) in [6.07, 6.45) is 0. The van der Waals surface area contributed by atoms with Crippen LogP contribution in [0.1, 0.15) is 0 Å². The number of hydrogen-bond donors (Lipinski definition) is 1.